The van der Waals surface area contributed by atoms with Crippen molar-refractivity contribution in [2.75, 3.05) is 19.7 Å². The van der Waals surface area contributed by atoms with Crippen LogP contribution in [0.1, 0.15) is 18.9 Å². The number of imidazole rings is 1. The number of piperidine rings is 1. The van der Waals surface area contributed by atoms with E-state index in [4.69, 9.17) is 9.47 Å². The minimum Gasteiger partial charge on any atom is -0.485 e. The molecule has 2 atom stereocenters. The van der Waals surface area contributed by atoms with Gasteiger partial charge < -0.3 is 18.9 Å². The molecule has 0 aliphatic carbocycles. The van der Waals surface area contributed by atoms with E-state index in [0.717, 1.165) is 19.4 Å². The lowest BCUT2D eigenvalue weighted by atomic mass is 10.0. The van der Waals surface area contributed by atoms with Crippen LogP contribution in [0.3, 0.4) is 0 Å². The Kier molecular flexibility index (Phi) is 3.65. The molecule has 1 aromatic carbocycles. The summed E-state index contributed by atoms with van der Waals surface area (Å²) in [5.41, 5.74) is 0. The highest BCUT2D eigenvalue weighted by molar-refractivity contribution is 5.82. The number of carbonyl (C=O) groups is 1. The average Bonchev–Trinajstić information content (AvgIpc) is 3.15. The van der Waals surface area contributed by atoms with E-state index < -0.39 is 6.10 Å². The number of amides is 1. The number of para-hydroxylation sites is 2. The van der Waals surface area contributed by atoms with Gasteiger partial charge in [0, 0.05) is 25.5 Å². The quantitative estimate of drug-likeness (QED) is 0.849. The molecule has 4 rings (SSSR count). The van der Waals surface area contributed by atoms with Gasteiger partial charge in [0.25, 0.3) is 5.91 Å². The molecular formula is C17H19N3O3. The van der Waals surface area contributed by atoms with E-state index in [1.165, 1.54) is 0 Å². The maximum Gasteiger partial charge on any atom is 0.267 e. The highest BCUT2D eigenvalue weighted by Crippen LogP contribution is 2.32. The van der Waals surface area contributed by atoms with Crippen molar-refractivity contribution < 1.29 is 14.3 Å². The third-order valence-electron chi connectivity index (χ3n) is 4.44. The third kappa shape index (κ3) is 2.76. The molecule has 6 nitrogen and oxygen atoms in total. The number of hydrogen-bond acceptors (Lipinski definition) is 4. The van der Waals surface area contributed by atoms with Crippen LogP contribution in [0.5, 0.6) is 11.5 Å². The summed E-state index contributed by atoms with van der Waals surface area (Å²) in [6, 6.07) is 7.74. The molecule has 2 aliphatic rings. The van der Waals surface area contributed by atoms with Crippen LogP contribution in [-0.4, -0.2) is 46.2 Å². The second kappa shape index (κ2) is 5.95. The van der Waals surface area contributed by atoms with E-state index in [2.05, 4.69) is 9.55 Å². The van der Waals surface area contributed by atoms with Crippen molar-refractivity contribution in [3.05, 3.63) is 43.0 Å². The summed E-state index contributed by atoms with van der Waals surface area (Å²) < 4.78 is 13.6. The molecule has 0 spiro atoms. The molecule has 0 saturated carbocycles. The Labute approximate surface area is 134 Å². The number of aromatic nitrogens is 2. The number of fused-ring (bicyclic) bond motifs is 1. The summed E-state index contributed by atoms with van der Waals surface area (Å²) >= 11 is 0. The predicted molar refractivity (Wildman–Crippen MR) is 83.4 cm³/mol. The van der Waals surface area contributed by atoms with Crippen LogP contribution in [0, 0.1) is 0 Å². The molecule has 0 N–H and O–H groups in total. The largest absolute Gasteiger partial charge is 0.485 e. The lowest BCUT2D eigenvalue weighted by molar-refractivity contribution is -0.142. The number of rotatable bonds is 2. The molecule has 1 saturated heterocycles. The number of benzene rings is 1. The monoisotopic (exact) mass is 313 g/mol. The van der Waals surface area contributed by atoms with Crippen molar-refractivity contribution in [3.63, 3.8) is 0 Å². The fraction of sp³-hybridized carbons (Fsp3) is 0.412. The highest BCUT2D eigenvalue weighted by Gasteiger charge is 2.33. The molecule has 2 aromatic rings. The molecule has 23 heavy (non-hydrogen) atoms. The van der Waals surface area contributed by atoms with Crippen molar-refractivity contribution in [2.24, 2.45) is 0 Å². The van der Waals surface area contributed by atoms with Gasteiger partial charge in [-0.1, -0.05) is 12.1 Å². The number of carbonyl (C=O) groups excluding carboxylic acids is 1. The standard InChI is InChI=1S/C17H19N3O3/c21-17(16-11-22-14-5-1-2-6-15(14)23-16)19-8-3-4-13(10-19)20-9-7-18-12-20/h1-2,5-7,9,12-13,16H,3-4,8,10-11H2. The topological polar surface area (TPSA) is 56.6 Å². The number of nitrogens with zero attached hydrogens (tertiary/aromatic N) is 3. The first kappa shape index (κ1) is 14.1. The number of hydrogen-bond donors (Lipinski definition) is 0. The fourth-order valence-corrected chi connectivity index (χ4v) is 3.23. The Morgan fingerprint density at radius 3 is 2.96 bits per heavy atom. The van der Waals surface area contributed by atoms with Crippen molar-refractivity contribution in [1.82, 2.24) is 14.5 Å². The fourth-order valence-electron chi connectivity index (χ4n) is 3.23. The summed E-state index contributed by atoms with van der Waals surface area (Å²) in [4.78, 5) is 18.8. The molecule has 120 valence electrons. The van der Waals surface area contributed by atoms with Crippen LogP contribution in [-0.2, 0) is 4.79 Å². The van der Waals surface area contributed by atoms with Gasteiger partial charge in [-0.15, -0.1) is 0 Å². The summed E-state index contributed by atoms with van der Waals surface area (Å²) in [5, 5.41) is 0. The van der Waals surface area contributed by atoms with Gasteiger partial charge in [-0.25, -0.2) is 4.98 Å². The van der Waals surface area contributed by atoms with Gasteiger partial charge in [-0.2, -0.15) is 0 Å². The van der Waals surface area contributed by atoms with Crippen LogP contribution in [0.2, 0.25) is 0 Å². The van der Waals surface area contributed by atoms with Crippen molar-refractivity contribution in [2.45, 2.75) is 25.0 Å². The molecule has 3 heterocycles. The van der Waals surface area contributed by atoms with Gasteiger partial charge in [0.2, 0.25) is 6.10 Å². The van der Waals surface area contributed by atoms with Crippen molar-refractivity contribution >= 4 is 5.91 Å². The predicted octanol–water partition coefficient (Wildman–Crippen LogP) is 1.89. The SMILES string of the molecule is O=C(C1COc2ccccc2O1)N1CCCC(n2ccnc2)C1. The number of likely N-dealkylation sites (tertiary alicyclic amines) is 1. The molecular weight excluding hydrogens is 294 g/mol. The Bertz CT molecular complexity index is 686. The minimum atomic E-state index is -0.563. The van der Waals surface area contributed by atoms with E-state index in [-0.39, 0.29) is 18.6 Å². The molecule has 0 radical (unpaired) electrons. The first-order valence-corrected chi connectivity index (χ1v) is 7.96. The van der Waals surface area contributed by atoms with Gasteiger partial charge in [-0.05, 0) is 25.0 Å². The zero-order chi connectivity index (χ0) is 15.6. The van der Waals surface area contributed by atoms with Crippen LogP contribution < -0.4 is 9.47 Å². The maximum atomic E-state index is 12.8. The maximum absolute atomic E-state index is 12.8. The summed E-state index contributed by atoms with van der Waals surface area (Å²) in [6.07, 6.45) is 7.02. The summed E-state index contributed by atoms with van der Waals surface area (Å²) in [7, 11) is 0. The van der Waals surface area contributed by atoms with Gasteiger partial charge in [0.15, 0.2) is 11.5 Å². The lowest BCUT2D eigenvalue weighted by Gasteiger charge is -2.36. The molecule has 1 amide bonds. The zero-order valence-corrected chi connectivity index (χ0v) is 12.8. The molecule has 1 fully saturated rings. The summed E-state index contributed by atoms with van der Waals surface area (Å²) in [5.74, 6) is 1.34. The Balaban J connectivity index is 1.45. The van der Waals surface area contributed by atoms with Crippen LogP contribution >= 0.6 is 0 Å². The zero-order valence-electron chi connectivity index (χ0n) is 12.8. The molecule has 1 aromatic heterocycles. The Morgan fingerprint density at radius 2 is 2.13 bits per heavy atom. The molecule has 0 bridgehead atoms. The minimum absolute atomic E-state index is 0.00400. The normalized spacial score (nSPS) is 23.6. The molecule has 6 heteroatoms. The molecule has 2 unspecified atom stereocenters. The highest BCUT2D eigenvalue weighted by atomic mass is 16.6. The van der Waals surface area contributed by atoms with Gasteiger partial charge >= 0.3 is 0 Å². The van der Waals surface area contributed by atoms with Crippen LogP contribution in [0.4, 0.5) is 0 Å². The average molecular weight is 313 g/mol. The first-order chi connectivity index (χ1) is 11.3. The van der Waals surface area contributed by atoms with Crippen LogP contribution in [0.15, 0.2) is 43.0 Å². The summed E-state index contributed by atoms with van der Waals surface area (Å²) in [6.45, 7) is 1.73. The smallest absolute Gasteiger partial charge is 0.267 e. The number of ether oxygens (including phenoxy) is 2. The molecule has 2 aliphatic heterocycles. The van der Waals surface area contributed by atoms with Crippen molar-refractivity contribution in [1.29, 1.82) is 0 Å². The van der Waals surface area contributed by atoms with Crippen LogP contribution in [0.25, 0.3) is 0 Å². The van der Waals surface area contributed by atoms with E-state index in [9.17, 15) is 4.79 Å². The van der Waals surface area contributed by atoms with E-state index >= 15 is 0 Å². The second-order valence-corrected chi connectivity index (χ2v) is 5.95. The van der Waals surface area contributed by atoms with E-state index in [1.807, 2.05) is 41.7 Å². The van der Waals surface area contributed by atoms with E-state index in [0.29, 0.717) is 18.0 Å². The first-order valence-electron chi connectivity index (χ1n) is 7.96. The lowest BCUT2D eigenvalue weighted by Crippen LogP contribution is -2.49. The van der Waals surface area contributed by atoms with Crippen molar-refractivity contribution in [3.8, 4) is 11.5 Å². The van der Waals surface area contributed by atoms with E-state index in [1.54, 1.807) is 6.20 Å². The third-order valence-corrected chi connectivity index (χ3v) is 4.44. The van der Waals surface area contributed by atoms with Gasteiger partial charge in [-0.3, -0.25) is 4.79 Å². The Morgan fingerprint density at radius 1 is 1.26 bits per heavy atom. The second-order valence-electron chi connectivity index (χ2n) is 5.95. The Hall–Kier alpha value is -2.50. The van der Waals surface area contributed by atoms with Gasteiger partial charge in [0.1, 0.15) is 6.61 Å². The van der Waals surface area contributed by atoms with Gasteiger partial charge in [0.05, 0.1) is 12.4 Å².